The molecule has 0 saturated carbocycles. The predicted octanol–water partition coefficient (Wildman–Crippen LogP) is 1.04. The van der Waals surface area contributed by atoms with Gasteiger partial charge in [-0.1, -0.05) is 6.92 Å². The molecule has 0 aliphatic rings. The van der Waals surface area contributed by atoms with Crippen LogP contribution < -0.4 is 5.32 Å². The van der Waals surface area contributed by atoms with Crippen molar-refractivity contribution in [2.75, 3.05) is 6.54 Å². The molecule has 0 fully saturated rings. The molecule has 1 N–H and O–H groups in total. The van der Waals surface area contributed by atoms with Gasteiger partial charge in [0.15, 0.2) is 0 Å². The number of hydrogen-bond acceptors (Lipinski definition) is 3. The molecule has 0 aliphatic carbocycles. The smallest absolute Gasteiger partial charge is 0.222 e. The minimum absolute atomic E-state index is 0.268. The summed E-state index contributed by atoms with van der Waals surface area (Å²) in [5, 5.41) is 13.2. The maximum atomic E-state index is 10.2. The maximum absolute atomic E-state index is 10.2. The summed E-state index contributed by atoms with van der Waals surface area (Å²) in [6.45, 7) is 6.14. The Hall–Kier alpha value is -0.640. The predicted molar refractivity (Wildman–Crippen MR) is 44.2 cm³/mol. The lowest BCUT2D eigenvalue weighted by Crippen LogP contribution is -2.35. The summed E-state index contributed by atoms with van der Waals surface area (Å²) in [5.74, 6) is 0. The zero-order valence-electron chi connectivity index (χ0n) is 7.33. The fourth-order valence-corrected chi connectivity index (χ4v) is 0.591. The van der Waals surface area contributed by atoms with Gasteiger partial charge in [-0.2, -0.15) is 0 Å². The molecule has 66 valence electrons. The highest BCUT2D eigenvalue weighted by molar-refractivity contribution is 4.60. The Bertz CT molecular complexity index is 128. The van der Waals surface area contributed by atoms with E-state index in [4.69, 9.17) is 0 Å². The Morgan fingerprint density at radius 1 is 1.55 bits per heavy atom. The zero-order chi connectivity index (χ0) is 8.85. The molecule has 0 aromatic heterocycles. The number of nitrogens with zero attached hydrogens (tertiary/aromatic N) is 1. The van der Waals surface area contributed by atoms with Crippen molar-refractivity contribution >= 4 is 0 Å². The lowest BCUT2D eigenvalue weighted by atomic mass is 10.2. The molecule has 0 aromatic rings. The van der Waals surface area contributed by atoms with Crippen LogP contribution in [-0.2, 0) is 0 Å². The molecule has 2 atom stereocenters. The van der Waals surface area contributed by atoms with Gasteiger partial charge in [-0.05, 0) is 13.3 Å². The molecule has 0 spiro atoms. The molecule has 0 aromatic carbocycles. The molecule has 0 amide bonds. The van der Waals surface area contributed by atoms with E-state index in [1.54, 1.807) is 6.92 Å². The molecule has 11 heavy (non-hydrogen) atoms. The summed E-state index contributed by atoms with van der Waals surface area (Å²) in [6, 6.07) is -0.110. The molecule has 0 heterocycles. The van der Waals surface area contributed by atoms with Crippen LogP contribution in [0.4, 0.5) is 0 Å². The molecule has 0 rings (SSSR count). The Balaban J connectivity index is 3.45. The van der Waals surface area contributed by atoms with Crippen LogP contribution in [0.5, 0.6) is 0 Å². The minimum Gasteiger partial charge on any atom is -0.308 e. The average molecular weight is 160 g/mol. The Morgan fingerprint density at radius 2 is 2.09 bits per heavy atom. The lowest BCUT2D eigenvalue weighted by Gasteiger charge is -2.11. The molecular formula is C7H16N2O2. The van der Waals surface area contributed by atoms with Crippen LogP contribution in [0.25, 0.3) is 0 Å². The highest BCUT2D eigenvalue weighted by Crippen LogP contribution is 1.90. The number of rotatable bonds is 5. The van der Waals surface area contributed by atoms with E-state index < -0.39 is 6.04 Å². The SMILES string of the molecule is CCC(C)NCC(C)[N+](=O)[O-]. The first-order chi connectivity index (χ1) is 5.07. The summed E-state index contributed by atoms with van der Waals surface area (Å²) in [7, 11) is 0. The van der Waals surface area contributed by atoms with Gasteiger partial charge < -0.3 is 5.32 Å². The average Bonchev–Trinajstić information content (AvgIpc) is 1.99. The van der Waals surface area contributed by atoms with E-state index in [1.165, 1.54) is 0 Å². The number of nitro groups is 1. The van der Waals surface area contributed by atoms with Crippen molar-refractivity contribution in [3.05, 3.63) is 10.1 Å². The van der Waals surface area contributed by atoms with Gasteiger partial charge in [0.05, 0.1) is 6.54 Å². The second kappa shape index (κ2) is 5.07. The van der Waals surface area contributed by atoms with E-state index in [2.05, 4.69) is 12.2 Å². The first kappa shape index (κ1) is 10.4. The van der Waals surface area contributed by atoms with Gasteiger partial charge in [0.2, 0.25) is 6.04 Å². The van der Waals surface area contributed by atoms with Crippen LogP contribution in [-0.4, -0.2) is 23.6 Å². The van der Waals surface area contributed by atoms with Gasteiger partial charge in [-0.15, -0.1) is 0 Å². The van der Waals surface area contributed by atoms with Crippen LogP contribution in [0.15, 0.2) is 0 Å². The fraction of sp³-hybridized carbons (Fsp3) is 1.00. The highest BCUT2D eigenvalue weighted by Gasteiger charge is 2.12. The van der Waals surface area contributed by atoms with Gasteiger partial charge >= 0.3 is 0 Å². The first-order valence-electron chi connectivity index (χ1n) is 3.94. The van der Waals surface area contributed by atoms with E-state index in [0.29, 0.717) is 12.6 Å². The van der Waals surface area contributed by atoms with Crippen LogP contribution in [0.3, 0.4) is 0 Å². The van der Waals surface area contributed by atoms with Crippen molar-refractivity contribution in [3.63, 3.8) is 0 Å². The van der Waals surface area contributed by atoms with Crippen LogP contribution >= 0.6 is 0 Å². The van der Waals surface area contributed by atoms with Crippen molar-refractivity contribution < 1.29 is 4.92 Å². The third kappa shape index (κ3) is 4.72. The molecule has 0 bridgehead atoms. The second-order valence-electron chi connectivity index (χ2n) is 2.85. The number of nitrogens with one attached hydrogen (secondary N) is 1. The molecule has 4 heteroatoms. The van der Waals surface area contributed by atoms with Crippen molar-refractivity contribution in [1.29, 1.82) is 0 Å². The van der Waals surface area contributed by atoms with Crippen molar-refractivity contribution in [2.45, 2.75) is 39.3 Å². The van der Waals surface area contributed by atoms with E-state index in [1.807, 2.05) is 6.92 Å². The molecule has 2 unspecified atom stereocenters. The summed E-state index contributed by atoms with van der Waals surface area (Å²) in [4.78, 5) is 9.90. The van der Waals surface area contributed by atoms with E-state index in [9.17, 15) is 10.1 Å². The summed E-state index contributed by atoms with van der Waals surface area (Å²) in [5.41, 5.74) is 0. The zero-order valence-corrected chi connectivity index (χ0v) is 7.33. The normalized spacial score (nSPS) is 15.9. The minimum atomic E-state index is -0.482. The summed E-state index contributed by atoms with van der Waals surface area (Å²) >= 11 is 0. The van der Waals surface area contributed by atoms with Gasteiger partial charge in [-0.25, -0.2) is 0 Å². The van der Waals surface area contributed by atoms with Gasteiger partial charge in [-0.3, -0.25) is 10.1 Å². The first-order valence-corrected chi connectivity index (χ1v) is 3.94. The third-order valence-corrected chi connectivity index (χ3v) is 1.73. The van der Waals surface area contributed by atoms with Gasteiger partial charge in [0, 0.05) is 17.9 Å². The summed E-state index contributed by atoms with van der Waals surface area (Å²) < 4.78 is 0. The van der Waals surface area contributed by atoms with Crippen molar-refractivity contribution in [3.8, 4) is 0 Å². The quantitative estimate of drug-likeness (QED) is 0.483. The van der Waals surface area contributed by atoms with Gasteiger partial charge in [0.25, 0.3) is 0 Å². The molecule has 0 saturated heterocycles. The topological polar surface area (TPSA) is 55.2 Å². The highest BCUT2D eigenvalue weighted by atomic mass is 16.6. The second-order valence-corrected chi connectivity index (χ2v) is 2.85. The molecule has 0 aliphatic heterocycles. The lowest BCUT2D eigenvalue weighted by molar-refractivity contribution is -0.515. The van der Waals surface area contributed by atoms with Crippen LogP contribution in [0.2, 0.25) is 0 Å². The fourth-order valence-electron chi connectivity index (χ4n) is 0.591. The van der Waals surface area contributed by atoms with Crippen molar-refractivity contribution in [1.82, 2.24) is 5.32 Å². The third-order valence-electron chi connectivity index (χ3n) is 1.73. The number of hydrogen-bond donors (Lipinski definition) is 1. The molecular weight excluding hydrogens is 144 g/mol. The Kier molecular flexibility index (Phi) is 4.77. The van der Waals surface area contributed by atoms with E-state index >= 15 is 0 Å². The maximum Gasteiger partial charge on any atom is 0.222 e. The van der Waals surface area contributed by atoms with E-state index in [0.717, 1.165) is 6.42 Å². The summed E-state index contributed by atoms with van der Waals surface area (Å²) in [6.07, 6.45) is 1.00. The standard InChI is InChI=1S/C7H16N2O2/c1-4-6(2)8-5-7(3)9(10)11/h6-8H,4-5H2,1-3H3. The van der Waals surface area contributed by atoms with E-state index in [-0.39, 0.29) is 4.92 Å². The van der Waals surface area contributed by atoms with Gasteiger partial charge in [0.1, 0.15) is 0 Å². The monoisotopic (exact) mass is 160 g/mol. The van der Waals surface area contributed by atoms with Crippen LogP contribution in [0.1, 0.15) is 27.2 Å². The largest absolute Gasteiger partial charge is 0.308 e. The molecule has 0 radical (unpaired) electrons. The molecule has 4 nitrogen and oxygen atoms in total. The van der Waals surface area contributed by atoms with Crippen LogP contribution in [0, 0.1) is 10.1 Å². The Labute approximate surface area is 67.1 Å². The van der Waals surface area contributed by atoms with Crippen molar-refractivity contribution in [2.24, 2.45) is 0 Å². The Morgan fingerprint density at radius 3 is 2.45 bits per heavy atom.